The molecule has 1 amide bonds. The largest absolute Gasteiger partial charge is 0.315 e. The second kappa shape index (κ2) is 5.09. The van der Waals surface area contributed by atoms with Crippen LogP contribution < -0.4 is 4.90 Å². The maximum absolute atomic E-state index is 11.6. The van der Waals surface area contributed by atoms with Gasteiger partial charge in [-0.05, 0) is 30.0 Å². The molecular weight excluding hydrogens is 234 g/mol. The fourth-order valence-corrected chi connectivity index (χ4v) is 2.65. The van der Waals surface area contributed by atoms with Crippen LogP contribution in [-0.2, 0) is 11.2 Å². The Kier molecular flexibility index (Phi) is 3.72. The van der Waals surface area contributed by atoms with E-state index < -0.39 is 0 Å². The Morgan fingerprint density at radius 1 is 1.41 bits per heavy atom. The van der Waals surface area contributed by atoms with E-state index in [9.17, 15) is 4.79 Å². The average molecular weight is 252 g/mol. The lowest BCUT2D eigenvalue weighted by Crippen LogP contribution is -2.31. The molecule has 1 aliphatic rings. The molecule has 0 radical (unpaired) electrons. The molecule has 0 spiro atoms. The summed E-state index contributed by atoms with van der Waals surface area (Å²) in [6.45, 7) is 2.14. The van der Waals surface area contributed by atoms with Crippen molar-refractivity contribution in [3.8, 4) is 0 Å². The Bertz CT molecular complexity index is 430. The number of benzene rings is 1. The third kappa shape index (κ3) is 2.47. The molecule has 1 heterocycles. The van der Waals surface area contributed by atoms with Gasteiger partial charge in [-0.1, -0.05) is 25.5 Å². The number of alkyl halides is 1. The van der Waals surface area contributed by atoms with Gasteiger partial charge in [-0.25, -0.2) is 0 Å². The van der Waals surface area contributed by atoms with Gasteiger partial charge in [0.2, 0.25) is 5.91 Å². The number of aryl methyl sites for hydroxylation is 1. The number of carbonyl (C=O) groups is 1. The van der Waals surface area contributed by atoms with Crippen LogP contribution in [0.1, 0.15) is 42.7 Å². The zero-order valence-electron chi connectivity index (χ0n) is 10.4. The molecule has 0 saturated carbocycles. The maximum atomic E-state index is 11.6. The Labute approximate surface area is 108 Å². The van der Waals surface area contributed by atoms with Crippen molar-refractivity contribution in [1.82, 2.24) is 0 Å². The highest BCUT2D eigenvalue weighted by molar-refractivity contribution is 6.20. The highest BCUT2D eigenvalue weighted by atomic mass is 35.5. The molecule has 2 nitrogen and oxygen atoms in total. The minimum absolute atomic E-state index is 0.0910. The molecule has 3 heteroatoms. The quantitative estimate of drug-likeness (QED) is 0.751. The number of hydrogen-bond donors (Lipinski definition) is 0. The van der Waals surface area contributed by atoms with Gasteiger partial charge in [-0.3, -0.25) is 4.79 Å². The van der Waals surface area contributed by atoms with Gasteiger partial charge in [0.15, 0.2) is 0 Å². The molecule has 0 saturated heterocycles. The van der Waals surface area contributed by atoms with Crippen LogP contribution in [0.3, 0.4) is 0 Å². The maximum Gasteiger partial charge on any atom is 0.227 e. The van der Waals surface area contributed by atoms with Crippen molar-refractivity contribution < 1.29 is 4.79 Å². The van der Waals surface area contributed by atoms with Crippen molar-refractivity contribution in [2.45, 2.75) is 38.0 Å². The van der Waals surface area contributed by atoms with E-state index >= 15 is 0 Å². The van der Waals surface area contributed by atoms with Crippen molar-refractivity contribution in [3.63, 3.8) is 0 Å². The highest BCUT2D eigenvalue weighted by Gasteiger charge is 2.21. The molecule has 1 aromatic rings. The molecule has 1 aliphatic heterocycles. The first-order chi connectivity index (χ1) is 8.13. The summed E-state index contributed by atoms with van der Waals surface area (Å²) in [4.78, 5) is 13.3. The van der Waals surface area contributed by atoms with Gasteiger partial charge < -0.3 is 4.90 Å². The fraction of sp³-hybridized carbons (Fsp3) is 0.500. The molecule has 0 bridgehead atoms. The second-order valence-corrected chi connectivity index (χ2v) is 5.12. The summed E-state index contributed by atoms with van der Waals surface area (Å²) in [5.41, 5.74) is 3.45. The lowest BCUT2D eigenvalue weighted by molar-refractivity contribution is -0.118. The molecular formula is C14H18ClNO. The fourth-order valence-electron chi connectivity index (χ4n) is 2.29. The van der Waals surface area contributed by atoms with Crippen molar-refractivity contribution >= 4 is 23.2 Å². The van der Waals surface area contributed by atoms with Crippen LogP contribution in [0, 0.1) is 0 Å². The second-order valence-electron chi connectivity index (χ2n) is 4.60. The van der Waals surface area contributed by atoms with Crippen molar-refractivity contribution in [3.05, 3.63) is 29.3 Å². The smallest absolute Gasteiger partial charge is 0.227 e. The minimum Gasteiger partial charge on any atom is -0.315 e. The van der Waals surface area contributed by atoms with Gasteiger partial charge >= 0.3 is 0 Å². The Morgan fingerprint density at radius 3 is 2.88 bits per heavy atom. The third-order valence-electron chi connectivity index (χ3n) is 3.35. The summed E-state index contributed by atoms with van der Waals surface area (Å²) in [7, 11) is 1.84. The van der Waals surface area contributed by atoms with Crippen LogP contribution >= 0.6 is 11.6 Å². The Morgan fingerprint density at radius 2 is 2.18 bits per heavy atom. The van der Waals surface area contributed by atoms with E-state index in [1.165, 1.54) is 11.1 Å². The zero-order chi connectivity index (χ0) is 12.4. The zero-order valence-corrected chi connectivity index (χ0v) is 11.1. The summed E-state index contributed by atoms with van der Waals surface area (Å²) < 4.78 is 0. The summed E-state index contributed by atoms with van der Waals surface area (Å²) >= 11 is 6.33. The number of amides is 1. The van der Waals surface area contributed by atoms with Gasteiger partial charge in [0.25, 0.3) is 0 Å². The number of carbonyl (C=O) groups excluding carboxylic acids is 1. The lowest BCUT2D eigenvalue weighted by Gasteiger charge is -2.26. The number of rotatable bonds is 3. The van der Waals surface area contributed by atoms with Crippen LogP contribution in [-0.4, -0.2) is 13.0 Å². The number of nitrogens with zero attached hydrogens (tertiary/aromatic N) is 1. The van der Waals surface area contributed by atoms with Crippen molar-refractivity contribution in [1.29, 1.82) is 0 Å². The summed E-state index contributed by atoms with van der Waals surface area (Å²) in [6, 6.07) is 6.22. The predicted octanol–water partition coefficient (Wildman–Crippen LogP) is 3.68. The van der Waals surface area contributed by atoms with E-state index in [2.05, 4.69) is 13.0 Å². The summed E-state index contributed by atoms with van der Waals surface area (Å²) in [5.74, 6) is 0.196. The lowest BCUT2D eigenvalue weighted by atomic mass is 9.97. The monoisotopic (exact) mass is 251 g/mol. The molecule has 1 aromatic carbocycles. The SMILES string of the molecule is CCCC(Cl)c1ccc2c(c1)CCC(=O)N2C. The van der Waals surface area contributed by atoms with Gasteiger partial charge in [-0.2, -0.15) is 0 Å². The van der Waals surface area contributed by atoms with Gasteiger partial charge in [-0.15, -0.1) is 11.6 Å². The van der Waals surface area contributed by atoms with Crippen LogP contribution in [0.15, 0.2) is 18.2 Å². The number of hydrogen-bond acceptors (Lipinski definition) is 1. The molecule has 1 unspecified atom stereocenters. The van der Waals surface area contributed by atoms with Crippen molar-refractivity contribution in [2.75, 3.05) is 11.9 Å². The van der Waals surface area contributed by atoms with Crippen LogP contribution in [0.2, 0.25) is 0 Å². The van der Waals surface area contributed by atoms with Crippen LogP contribution in [0.4, 0.5) is 5.69 Å². The molecule has 17 heavy (non-hydrogen) atoms. The van der Waals surface area contributed by atoms with E-state index in [1.807, 2.05) is 19.2 Å². The number of halogens is 1. The number of fused-ring (bicyclic) bond motifs is 1. The van der Waals surface area contributed by atoms with E-state index in [4.69, 9.17) is 11.6 Å². The Hall–Kier alpha value is -1.02. The van der Waals surface area contributed by atoms with E-state index in [1.54, 1.807) is 4.90 Å². The van der Waals surface area contributed by atoms with Crippen molar-refractivity contribution in [2.24, 2.45) is 0 Å². The number of anilines is 1. The predicted molar refractivity (Wildman–Crippen MR) is 71.7 cm³/mol. The van der Waals surface area contributed by atoms with E-state index in [0.29, 0.717) is 6.42 Å². The molecule has 0 fully saturated rings. The molecule has 2 rings (SSSR count). The first-order valence-corrected chi connectivity index (χ1v) is 6.60. The standard InChI is InChI=1S/C14H18ClNO/c1-3-4-12(15)10-5-7-13-11(9-10)6-8-14(17)16(13)2/h5,7,9,12H,3-4,6,8H2,1-2H3. The Balaban J connectivity index is 2.29. The normalized spacial score (nSPS) is 16.9. The topological polar surface area (TPSA) is 20.3 Å². The molecule has 92 valence electrons. The van der Waals surface area contributed by atoms with Crippen LogP contribution in [0.25, 0.3) is 0 Å². The van der Waals surface area contributed by atoms with Crippen LogP contribution in [0.5, 0.6) is 0 Å². The van der Waals surface area contributed by atoms with Gasteiger partial charge in [0.05, 0.1) is 5.38 Å². The average Bonchev–Trinajstić information content (AvgIpc) is 2.34. The molecule has 0 aromatic heterocycles. The molecule has 1 atom stereocenters. The first kappa shape index (κ1) is 12.4. The molecule has 0 N–H and O–H groups in total. The first-order valence-electron chi connectivity index (χ1n) is 6.17. The van der Waals surface area contributed by atoms with E-state index in [-0.39, 0.29) is 11.3 Å². The highest BCUT2D eigenvalue weighted by Crippen LogP contribution is 2.32. The van der Waals surface area contributed by atoms with Gasteiger partial charge in [0.1, 0.15) is 0 Å². The van der Waals surface area contributed by atoms with E-state index in [0.717, 1.165) is 24.9 Å². The molecule has 0 aliphatic carbocycles. The van der Waals surface area contributed by atoms with Gasteiger partial charge in [0, 0.05) is 19.2 Å². The third-order valence-corrected chi connectivity index (χ3v) is 3.82. The minimum atomic E-state index is 0.0910. The summed E-state index contributed by atoms with van der Waals surface area (Å²) in [5, 5.41) is 0.0910. The summed E-state index contributed by atoms with van der Waals surface area (Å²) in [6.07, 6.45) is 3.52.